The maximum Gasteiger partial charge on any atom is 0.419 e. The van der Waals surface area contributed by atoms with Gasteiger partial charge >= 0.3 is 5.76 Å². The molecule has 0 saturated carbocycles. The van der Waals surface area contributed by atoms with E-state index in [-0.39, 0.29) is 31.3 Å². The van der Waals surface area contributed by atoms with E-state index in [2.05, 4.69) is 20.7 Å². The summed E-state index contributed by atoms with van der Waals surface area (Å²) in [5.74, 6) is -0.0623. The van der Waals surface area contributed by atoms with Crippen molar-refractivity contribution >= 4 is 28.6 Å². The molecule has 6 rings (SSSR count). The van der Waals surface area contributed by atoms with E-state index in [1.807, 2.05) is 6.07 Å². The number of ether oxygens (including phenoxy) is 2. The number of rotatable bonds is 6. The van der Waals surface area contributed by atoms with Gasteiger partial charge in [0.05, 0.1) is 11.7 Å². The summed E-state index contributed by atoms with van der Waals surface area (Å²) in [4.78, 5) is 42.0. The van der Waals surface area contributed by atoms with Gasteiger partial charge in [-0.3, -0.25) is 14.2 Å². The Morgan fingerprint density at radius 3 is 2.57 bits per heavy atom. The summed E-state index contributed by atoms with van der Waals surface area (Å²) in [5, 5.41) is 9.81. The molecule has 4 heterocycles. The van der Waals surface area contributed by atoms with Crippen LogP contribution in [0.15, 0.2) is 63.9 Å². The number of nitrogens with one attached hydrogen (secondary N) is 2. The summed E-state index contributed by atoms with van der Waals surface area (Å²) in [5.41, 5.74) is 3.27. The summed E-state index contributed by atoms with van der Waals surface area (Å²) in [7, 11) is 1.61. The van der Waals surface area contributed by atoms with Crippen molar-refractivity contribution in [3.8, 4) is 11.5 Å². The van der Waals surface area contributed by atoms with Crippen LogP contribution in [0, 0.1) is 0 Å². The standard InChI is InChI=1S/C25H20N6O6/c1-30-17-8-14(2-4-19(17)37-25(30)34)11-26-23(32)16-10-18(31-22(29-16)6-7-28-31)24(33)27-12-15-3-5-20-21(9-15)36-13-35-20/h2-10H,11-13H2,1H3,(H,26,32)(H,27,33). The number of carbonyl (C=O) groups excluding carboxylic acids is 2. The molecule has 0 radical (unpaired) electrons. The largest absolute Gasteiger partial charge is 0.454 e. The molecule has 37 heavy (non-hydrogen) atoms. The van der Waals surface area contributed by atoms with Crippen LogP contribution in [0.25, 0.3) is 16.7 Å². The number of aryl methyl sites for hydroxylation is 1. The topological polar surface area (TPSA) is 142 Å². The average molecular weight is 500 g/mol. The van der Waals surface area contributed by atoms with Gasteiger partial charge in [-0.25, -0.2) is 14.3 Å². The van der Waals surface area contributed by atoms with Gasteiger partial charge in [0.15, 0.2) is 22.7 Å². The van der Waals surface area contributed by atoms with Gasteiger partial charge in [0.25, 0.3) is 11.8 Å². The molecule has 0 atom stereocenters. The van der Waals surface area contributed by atoms with E-state index in [1.165, 1.54) is 21.3 Å². The number of oxazole rings is 1. The second kappa shape index (κ2) is 8.82. The predicted octanol–water partition coefficient (Wildman–Crippen LogP) is 1.76. The first-order valence-corrected chi connectivity index (χ1v) is 11.3. The molecule has 186 valence electrons. The molecule has 0 aliphatic carbocycles. The maximum atomic E-state index is 13.1. The number of hydrogen-bond acceptors (Lipinski definition) is 8. The van der Waals surface area contributed by atoms with Crippen LogP contribution in [-0.4, -0.2) is 37.8 Å². The molecule has 5 aromatic rings. The number of aromatic nitrogens is 4. The van der Waals surface area contributed by atoms with Crippen molar-refractivity contribution in [3.63, 3.8) is 0 Å². The highest BCUT2D eigenvalue weighted by Crippen LogP contribution is 2.32. The number of hydrogen-bond donors (Lipinski definition) is 2. The van der Waals surface area contributed by atoms with Gasteiger partial charge in [-0.1, -0.05) is 12.1 Å². The normalized spacial score (nSPS) is 12.2. The molecule has 3 aromatic heterocycles. The summed E-state index contributed by atoms with van der Waals surface area (Å²) < 4.78 is 18.6. The maximum absolute atomic E-state index is 13.1. The number of amides is 2. The van der Waals surface area contributed by atoms with Crippen LogP contribution in [0.5, 0.6) is 11.5 Å². The Morgan fingerprint density at radius 1 is 0.946 bits per heavy atom. The van der Waals surface area contributed by atoms with Gasteiger partial charge in [0.1, 0.15) is 11.4 Å². The van der Waals surface area contributed by atoms with Crippen LogP contribution >= 0.6 is 0 Å². The Morgan fingerprint density at radius 2 is 1.70 bits per heavy atom. The molecule has 1 aliphatic heterocycles. The minimum atomic E-state index is -0.463. The Labute approximate surface area is 208 Å². The van der Waals surface area contributed by atoms with E-state index in [0.717, 1.165) is 11.1 Å². The van der Waals surface area contributed by atoms with Crippen molar-refractivity contribution in [2.24, 2.45) is 7.05 Å². The van der Waals surface area contributed by atoms with Crippen LogP contribution < -0.4 is 25.9 Å². The van der Waals surface area contributed by atoms with Gasteiger partial charge < -0.3 is 24.5 Å². The van der Waals surface area contributed by atoms with E-state index in [1.54, 1.807) is 43.4 Å². The van der Waals surface area contributed by atoms with Crippen LogP contribution in [0.3, 0.4) is 0 Å². The van der Waals surface area contributed by atoms with Crippen molar-refractivity contribution < 1.29 is 23.5 Å². The van der Waals surface area contributed by atoms with Crippen LogP contribution in [-0.2, 0) is 20.1 Å². The van der Waals surface area contributed by atoms with Crippen LogP contribution in [0.2, 0.25) is 0 Å². The van der Waals surface area contributed by atoms with Crippen molar-refractivity contribution in [3.05, 3.63) is 87.8 Å². The summed E-state index contributed by atoms with van der Waals surface area (Å²) in [6, 6.07) is 13.6. The number of nitrogens with zero attached hydrogens (tertiary/aromatic N) is 4. The zero-order chi connectivity index (χ0) is 25.5. The zero-order valence-corrected chi connectivity index (χ0v) is 19.6. The van der Waals surface area contributed by atoms with Crippen molar-refractivity contribution in [2.45, 2.75) is 13.1 Å². The van der Waals surface area contributed by atoms with Crippen LogP contribution in [0.4, 0.5) is 0 Å². The highest BCUT2D eigenvalue weighted by atomic mass is 16.7. The van der Waals surface area contributed by atoms with Crippen molar-refractivity contribution in [1.82, 2.24) is 29.8 Å². The molecule has 0 bridgehead atoms. The highest BCUT2D eigenvalue weighted by Gasteiger charge is 2.19. The lowest BCUT2D eigenvalue weighted by atomic mass is 10.2. The molecule has 2 aromatic carbocycles. The number of carbonyl (C=O) groups is 2. The van der Waals surface area contributed by atoms with Crippen molar-refractivity contribution in [2.75, 3.05) is 6.79 Å². The summed E-state index contributed by atoms with van der Waals surface area (Å²) >= 11 is 0. The zero-order valence-electron chi connectivity index (χ0n) is 19.6. The van der Waals surface area contributed by atoms with E-state index in [9.17, 15) is 14.4 Å². The molecule has 12 nitrogen and oxygen atoms in total. The third kappa shape index (κ3) is 4.14. The van der Waals surface area contributed by atoms with Gasteiger partial charge in [-0.2, -0.15) is 5.10 Å². The third-order valence-electron chi connectivity index (χ3n) is 6.02. The smallest absolute Gasteiger partial charge is 0.419 e. The number of fused-ring (bicyclic) bond motifs is 3. The van der Waals surface area contributed by atoms with E-state index in [4.69, 9.17) is 13.9 Å². The van der Waals surface area contributed by atoms with E-state index in [0.29, 0.717) is 28.2 Å². The van der Waals surface area contributed by atoms with Gasteiger partial charge in [-0.15, -0.1) is 0 Å². The molecule has 1 aliphatic rings. The average Bonchev–Trinajstić information content (AvgIpc) is 3.64. The number of benzene rings is 2. The minimum absolute atomic E-state index is 0.0676. The summed E-state index contributed by atoms with van der Waals surface area (Å²) in [6.07, 6.45) is 1.50. The molecule has 0 fully saturated rings. The van der Waals surface area contributed by atoms with Gasteiger partial charge in [-0.05, 0) is 35.4 Å². The fourth-order valence-corrected chi connectivity index (χ4v) is 4.07. The Bertz CT molecular complexity index is 1750. The SMILES string of the molecule is Cn1c(=O)oc2ccc(CNC(=O)c3cc(C(=O)NCc4ccc5c(c4)OCO5)n4nccc4n3)cc21. The second-order valence-electron chi connectivity index (χ2n) is 8.41. The van der Waals surface area contributed by atoms with Gasteiger partial charge in [0, 0.05) is 32.3 Å². The van der Waals surface area contributed by atoms with Gasteiger partial charge in [0.2, 0.25) is 6.79 Å². The lowest BCUT2D eigenvalue weighted by Crippen LogP contribution is -2.28. The predicted molar refractivity (Wildman–Crippen MR) is 129 cm³/mol. The first-order valence-electron chi connectivity index (χ1n) is 11.3. The second-order valence-corrected chi connectivity index (χ2v) is 8.41. The fourth-order valence-electron chi connectivity index (χ4n) is 4.07. The Hall–Kier alpha value is -5.13. The lowest BCUT2D eigenvalue weighted by molar-refractivity contribution is 0.0942. The first kappa shape index (κ1) is 22.3. The Kier molecular flexibility index (Phi) is 5.33. The summed E-state index contributed by atoms with van der Waals surface area (Å²) in [6.45, 7) is 0.592. The first-order chi connectivity index (χ1) is 18.0. The molecule has 0 unspecified atom stereocenters. The molecular formula is C25H20N6O6. The monoisotopic (exact) mass is 500 g/mol. The van der Waals surface area contributed by atoms with Crippen molar-refractivity contribution in [1.29, 1.82) is 0 Å². The Balaban J connectivity index is 1.19. The molecule has 0 saturated heterocycles. The molecule has 0 spiro atoms. The van der Waals surface area contributed by atoms with Crippen LogP contribution in [0.1, 0.15) is 32.1 Å². The fraction of sp³-hybridized carbons (Fsp3) is 0.160. The van der Waals surface area contributed by atoms with E-state index < -0.39 is 17.6 Å². The molecular weight excluding hydrogens is 480 g/mol. The highest BCUT2D eigenvalue weighted by molar-refractivity contribution is 5.98. The molecule has 12 heteroatoms. The molecule has 2 amide bonds. The lowest BCUT2D eigenvalue weighted by Gasteiger charge is -2.10. The molecule has 2 N–H and O–H groups in total. The third-order valence-corrected chi connectivity index (χ3v) is 6.02. The van der Waals surface area contributed by atoms with E-state index >= 15 is 0 Å². The minimum Gasteiger partial charge on any atom is -0.454 e. The quantitative estimate of drug-likeness (QED) is 0.359.